The van der Waals surface area contributed by atoms with E-state index in [4.69, 9.17) is 4.99 Å². The molecular formula is C16H32N4. The molecule has 1 heterocycles. The van der Waals surface area contributed by atoms with Crippen LogP contribution in [0.3, 0.4) is 0 Å². The molecule has 1 aliphatic carbocycles. The van der Waals surface area contributed by atoms with E-state index in [0.717, 1.165) is 31.5 Å². The molecule has 0 radical (unpaired) electrons. The minimum Gasteiger partial charge on any atom is -0.357 e. The van der Waals surface area contributed by atoms with Crippen LogP contribution in [0.1, 0.15) is 46.0 Å². The van der Waals surface area contributed by atoms with Crippen molar-refractivity contribution in [3.63, 3.8) is 0 Å². The summed E-state index contributed by atoms with van der Waals surface area (Å²) in [6.07, 6.45) is 6.94. The van der Waals surface area contributed by atoms with Gasteiger partial charge in [-0.15, -0.1) is 0 Å². The van der Waals surface area contributed by atoms with Crippen LogP contribution in [0, 0.1) is 11.8 Å². The Kier molecular flexibility index (Phi) is 6.64. The van der Waals surface area contributed by atoms with Crippen molar-refractivity contribution < 1.29 is 0 Å². The Bertz CT molecular complexity index is 293. The summed E-state index contributed by atoms with van der Waals surface area (Å²) in [7, 11) is 0. The van der Waals surface area contributed by atoms with Gasteiger partial charge in [0.15, 0.2) is 5.96 Å². The van der Waals surface area contributed by atoms with Crippen LogP contribution in [-0.4, -0.2) is 50.1 Å². The van der Waals surface area contributed by atoms with E-state index in [1.54, 1.807) is 0 Å². The van der Waals surface area contributed by atoms with E-state index >= 15 is 0 Å². The van der Waals surface area contributed by atoms with Gasteiger partial charge in [0.25, 0.3) is 0 Å². The van der Waals surface area contributed by atoms with Gasteiger partial charge in [0.2, 0.25) is 0 Å². The number of nitrogens with zero attached hydrogens (tertiary/aromatic N) is 2. The lowest BCUT2D eigenvalue weighted by Gasteiger charge is -2.28. The maximum absolute atomic E-state index is 4.75. The number of likely N-dealkylation sites (tertiary alicyclic amines) is 1. The molecule has 0 aromatic carbocycles. The fourth-order valence-electron chi connectivity index (χ4n) is 2.79. The summed E-state index contributed by atoms with van der Waals surface area (Å²) in [5, 5.41) is 6.82. The van der Waals surface area contributed by atoms with Crippen LogP contribution < -0.4 is 10.6 Å². The first-order valence-electron chi connectivity index (χ1n) is 8.52. The molecule has 0 aromatic heterocycles. The molecule has 2 aliphatic rings. The molecule has 1 saturated heterocycles. The highest BCUT2D eigenvalue weighted by molar-refractivity contribution is 5.79. The van der Waals surface area contributed by atoms with Gasteiger partial charge in [0, 0.05) is 26.2 Å². The van der Waals surface area contributed by atoms with Gasteiger partial charge in [-0.25, -0.2) is 0 Å². The molecule has 4 heteroatoms. The van der Waals surface area contributed by atoms with Crippen LogP contribution in [-0.2, 0) is 0 Å². The van der Waals surface area contributed by atoms with Gasteiger partial charge in [-0.2, -0.15) is 0 Å². The Morgan fingerprint density at radius 3 is 2.60 bits per heavy atom. The first-order valence-corrected chi connectivity index (χ1v) is 8.52. The van der Waals surface area contributed by atoms with Crippen molar-refractivity contribution in [2.45, 2.75) is 46.0 Å². The highest BCUT2D eigenvalue weighted by Gasteiger charge is 2.21. The van der Waals surface area contributed by atoms with Crippen molar-refractivity contribution in [1.29, 1.82) is 0 Å². The molecule has 2 N–H and O–H groups in total. The number of hydrogen-bond donors (Lipinski definition) is 2. The highest BCUT2D eigenvalue weighted by atomic mass is 15.2. The van der Waals surface area contributed by atoms with Crippen molar-refractivity contribution >= 4 is 5.96 Å². The minimum atomic E-state index is 0.643. The summed E-state index contributed by atoms with van der Waals surface area (Å²) in [5.74, 6) is 2.54. The van der Waals surface area contributed by atoms with Crippen molar-refractivity contribution in [2.75, 3.05) is 39.3 Å². The molecule has 0 bridgehead atoms. The zero-order valence-electron chi connectivity index (χ0n) is 13.3. The van der Waals surface area contributed by atoms with Crippen LogP contribution in [0.5, 0.6) is 0 Å². The van der Waals surface area contributed by atoms with E-state index in [0.29, 0.717) is 5.92 Å². The van der Waals surface area contributed by atoms with E-state index in [9.17, 15) is 0 Å². The summed E-state index contributed by atoms with van der Waals surface area (Å²) in [5.41, 5.74) is 0. The minimum absolute atomic E-state index is 0.643. The molecular weight excluding hydrogens is 248 g/mol. The number of hydrogen-bond acceptors (Lipinski definition) is 2. The van der Waals surface area contributed by atoms with Gasteiger partial charge in [-0.1, -0.05) is 13.3 Å². The van der Waals surface area contributed by atoms with Crippen molar-refractivity contribution in [2.24, 2.45) is 16.8 Å². The predicted octanol–water partition coefficient (Wildman–Crippen LogP) is 2.07. The zero-order valence-corrected chi connectivity index (χ0v) is 13.3. The standard InChI is InChI=1S/C16H32N4/c1-3-17-16(19-12-15-7-8-15)18-11-14(2)13-20-9-5-4-6-10-20/h14-15H,3-13H2,1-2H3,(H2,17,18,19). The first kappa shape index (κ1) is 15.6. The smallest absolute Gasteiger partial charge is 0.191 e. The highest BCUT2D eigenvalue weighted by Crippen LogP contribution is 2.27. The van der Waals surface area contributed by atoms with E-state index in [1.165, 1.54) is 51.7 Å². The van der Waals surface area contributed by atoms with Gasteiger partial charge in [-0.05, 0) is 57.5 Å². The molecule has 1 saturated carbocycles. The molecule has 2 fully saturated rings. The van der Waals surface area contributed by atoms with Crippen LogP contribution in [0.25, 0.3) is 0 Å². The second kappa shape index (κ2) is 8.50. The summed E-state index contributed by atoms with van der Waals surface area (Å²) in [6.45, 7) is 11.2. The Morgan fingerprint density at radius 1 is 1.20 bits per heavy atom. The third-order valence-electron chi connectivity index (χ3n) is 4.18. The second-order valence-electron chi connectivity index (χ2n) is 6.51. The number of rotatable bonds is 7. The Labute approximate surface area is 124 Å². The van der Waals surface area contributed by atoms with Gasteiger partial charge < -0.3 is 15.5 Å². The quantitative estimate of drug-likeness (QED) is 0.554. The lowest BCUT2D eigenvalue weighted by molar-refractivity contribution is 0.203. The normalized spacial score (nSPS) is 22.6. The van der Waals surface area contributed by atoms with Crippen LogP contribution >= 0.6 is 0 Å². The molecule has 2 rings (SSSR count). The van der Waals surface area contributed by atoms with Crippen LogP contribution in [0.4, 0.5) is 0 Å². The summed E-state index contributed by atoms with van der Waals surface area (Å²) < 4.78 is 0. The molecule has 1 atom stereocenters. The zero-order chi connectivity index (χ0) is 14.2. The van der Waals surface area contributed by atoms with Gasteiger partial charge in [-0.3, -0.25) is 4.99 Å². The fourth-order valence-corrected chi connectivity index (χ4v) is 2.79. The summed E-state index contributed by atoms with van der Waals surface area (Å²) in [6, 6.07) is 0. The molecule has 4 nitrogen and oxygen atoms in total. The van der Waals surface area contributed by atoms with Crippen molar-refractivity contribution in [1.82, 2.24) is 15.5 Å². The number of nitrogens with one attached hydrogen (secondary N) is 2. The molecule has 20 heavy (non-hydrogen) atoms. The molecule has 0 spiro atoms. The second-order valence-corrected chi connectivity index (χ2v) is 6.51. The summed E-state index contributed by atoms with van der Waals surface area (Å²) >= 11 is 0. The van der Waals surface area contributed by atoms with Gasteiger partial charge in [0.05, 0.1) is 0 Å². The largest absolute Gasteiger partial charge is 0.357 e. The Hall–Kier alpha value is -0.770. The van der Waals surface area contributed by atoms with Crippen LogP contribution in [0.2, 0.25) is 0 Å². The van der Waals surface area contributed by atoms with Gasteiger partial charge in [0.1, 0.15) is 0 Å². The average molecular weight is 280 g/mol. The molecule has 0 aromatic rings. The Balaban J connectivity index is 1.68. The number of guanidine groups is 1. The predicted molar refractivity (Wildman–Crippen MR) is 86.2 cm³/mol. The van der Waals surface area contributed by atoms with Crippen molar-refractivity contribution in [3.8, 4) is 0 Å². The number of aliphatic imine (C=N–C) groups is 1. The molecule has 116 valence electrons. The molecule has 0 amide bonds. The third-order valence-corrected chi connectivity index (χ3v) is 4.18. The van der Waals surface area contributed by atoms with Crippen LogP contribution in [0.15, 0.2) is 4.99 Å². The average Bonchev–Trinajstić information content (AvgIpc) is 3.27. The number of piperidine rings is 1. The Morgan fingerprint density at radius 2 is 1.95 bits per heavy atom. The SMILES string of the molecule is CCNC(=NCC(C)CN1CCCCC1)NCC1CC1. The molecule has 1 aliphatic heterocycles. The summed E-state index contributed by atoms with van der Waals surface area (Å²) in [4.78, 5) is 7.35. The first-order chi connectivity index (χ1) is 9.78. The van der Waals surface area contributed by atoms with Crippen molar-refractivity contribution in [3.05, 3.63) is 0 Å². The lowest BCUT2D eigenvalue weighted by atomic mass is 10.1. The molecule has 1 unspecified atom stereocenters. The van der Waals surface area contributed by atoms with E-state index in [2.05, 4.69) is 29.4 Å². The van der Waals surface area contributed by atoms with E-state index < -0.39 is 0 Å². The monoisotopic (exact) mass is 280 g/mol. The maximum atomic E-state index is 4.75. The van der Waals surface area contributed by atoms with E-state index in [1.807, 2.05) is 0 Å². The maximum Gasteiger partial charge on any atom is 0.191 e. The van der Waals surface area contributed by atoms with Gasteiger partial charge >= 0.3 is 0 Å². The fraction of sp³-hybridized carbons (Fsp3) is 0.938. The third kappa shape index (κ3) is 6.12. The van der Waals surface area contributed by atoms with E-state index in [-0.39, 0.29) is 0 Å². The lowest BCUT2D eigenvalue weighted by Crippen LogP contribution is -2.39. The topological polar surface area (TPSA) is 39.7 Å².